The Balaban J connectivity index is 2.24. The van der Waals surface area contributed by atoms with Gasteiger partial charge in [0, 0.05) is 11.6 Å². The van der Waals surface area contributed by atoms with Crippen LogP contribution in [0.15, 0.2) is 24.3 Å². The molecule has 0 saturated heterocycles. The first-order valence-corrected chi connectivity index (χ1v) is 7.94. The van der Waals surface area contributed by atoms with E-state index in [2.05, 4.69) is 64.2 Å². The van der Waals surface area contributed by atoms with Crippen LogP contribution in [-0.2, 0) is 0 Å². The van der Waals surface area contributed by atoms with Gasteiger partial charge in [-0.15, -0.1) is 0 Å². The summed E-state index contributed by atoms with van der Waals surface area (Å²) in [5.74, 6) is 1.75. The second-order valence-corrected chi connectivity index (χ2v) is 6.94. The van der Waals surface area contributed by atoms with Gasteiger partial charge in [0.2, 0.25) is 0 Å². The number of hydrogen-bond acceptors (Lipinski definition) is 2. The van der Waals surface area contributed by atoms with Gasteiger partial charge < -0.3 is 10.1 Å². The molecule has 0 spiro atoms. The fraction of sp³-hybridized carbons (Fsp3) is 0.667. The van der Waals surface area contributed by atoms with Crippen molar-refractivity contribution in [2.45, 2.75) is 59.6 Å². The van der Waals surface area contributed by atoms with Crippen LogP contribution in [0.25, 0.3) is 0 Å². The minimum absolute atomic E-state index is 0.218. The van der Waals surface area contributed by atoms with E-state index in [0.717, 1.165) is 18.7 Å². The summed E-state index contributed by atoms with van der Waals surface area (Å²) >= 11 is 0. The van der Waals surface area contributed by atoms with Crippen LogP contribution in [0.1, 0.15) is 59.1 Å². The molecular formula is C18H29NO. The lowest BCUT2D eigenvalue weighted by atomic mass is 9.96. The Morgan fingerprint density at radius 3 is 2.50 bits per heavy atom. The molecule has 1 aliphatic rings. The Morgan fingerprint density at radius 2 is 1.95 bits per heavy atom. The zero-order chi connectivity index (χ0) is 14.8. The SMILES string of the molecule is CCCNC(c1ccccc1OC(C)C)C1CC1(C)C. The highest BCUT2D eigenvalue weighted by molar-refractivity contribution is 5.38. The molecule has 112 valence electrons. The van der Waals surface area contributed by atoms with E-state index in [1.807, 2.05) is 0 Å². The first-order chi connectivity index (χ1) is 9.45. The van der Waals surface area contributed by atoms with E-state index in [1.165, 1.54) is 12.0 Å². The maximum Gasteiger partial charge on any atom is 0.124 e. The second-order valence-electron chi connectivity index (χ2n) is 6.94. The van der Waals surface area contributed by atoms with Crippen molar-refractivity contribution in [3.8, 4) is 5.75 Å². The molecule has 0 radical (unpaired) electrons. The standard InChI is InChI=1S/C18H29NO/c1-6-11-19-17(15-12-18(15,4)5)14-9-7-8-10-16(14)20-13(2)3/h7-10,13,15,17,19H,6,11-12H2,1-5H3. The first kappa shape index (κ1) is 15.4. The van der Waals surface area contributed by atoms with Gasteiger partial charge in [0.05, 0.1) is 6.10 Å². The number of hydrogen-bond donors (Lipinski definition) is 1. The Morgan fingerprint density at radius 1 is 1.30 bits per heavy atom. The monoisotopic (exact) mass is 275 g/mol. The molecule has 2 rings (SSSR count). The van der Waals surface area contributed by atoms with Crippen LogP contribution in [-0.4, -0.2) is 12.6 Å². The van der Waals surface area contributed by atoms with Crippen molar-refractivity contribution in [1.82, 2.24) is 5.32 Å². The molecule has 0 aromatic heterocycles. The van der Waals surface area contributed by atoms with E-state index >= 15 is 0 Å². The van der Waals surface area contributed by atoms with Gasteiger partial charge in [0.25, 0.3) is 0 Å². The summed E-state index contributed by atoms with van der Waals surface area (Å²) in [6.07, 6.45) is 2.68. The Hall–Kier alpha value is -1.02. The fourth-order valence-corrected chi connectivity index (χ4v) is 2.94. The highest BCUT2D eigenvalue weighted by atomic mass is 16.5. The predicted molar refractivity (Wildman–Crippen MR) is 85.1 cm³/mol. The summed E-state index contributed by atoms with van der Waals surface area (Å²) in [5.41, 5.74) is 1.78. The molecule has 2 atom stereocenters. The lowest BCUT2D eigenvalue weighted by Gasteiger charge is -2.24. The average molecular weight is 275 g/mol. The molecule has 20 heavy (non-hydrogen) atoms. The van der Waals surface area contributed by atoms with Crippen LogP contribution >= 0.6 is 0 Å². The van der Waals surface area contributed by atoms with Gasteiger partial charge in [-0.25, -0.2) is 0 Å². The second kappa shape index (κ2) is 6.17. The minimum Gasteiger partial charge on any atom is -0.491 e. The Bertz CT molecular complexity index is 439. The van der Waals surface area contributed by atoms with E-state index < -0.39 is 0 Å². The number of para-hydroxylation sites is 1. The zero-order valence-corrected chi connectivity index (χ0v) is 13.6. The van der Waals surface area contributed by atoms with Crippen molar-refractivity contribution in [3.05, 3.63) is 29.8 Å². The molecule has 1 N–H and O–H groups in total. The predicted octanol–water partition coefficient (Wildman–Crippen LogP) is 4.56. The van der Waals surface area contributed by atoms with Crippen LogP contribution in [0.4, 0.5) is 0 Å². The molecule has 0 amide bonds. The minimum atomic E-state index is 0.218. The molecule has 0 aliphatic heterocycles. The summed E-state index contributed by atoms with van der Waals surface area (Å²) in [5, 5.41) is 3.74. The van der Waals surface area contributed by atoms with Crippen molar-refractivity contribution < 1.29 is 4.74 Å². The van der Waals surface area contributed by atoms with Crippen molar-refractivity contribution in [2.75, 3.05) is 6.54 Å². The fourth-order valence-electron chi connectivity index (χ4n) is 2.94. The lowest BCUT2D eigenvalue weighted by molar-refractivity contribution is 0.235. The molecular weight excluding hydrogens is 246 g/mol. The molecule has 1 saturated carbocycles. The van der Waals surface area contributed by atoms with Crippen molar-refractivity contribution >= 4 is 0 Å². The largest absolute Gasteiger partial charge is 0.491 e. The number of ether oxygens (including phenoxy) is 1. The maximum absolute atomic E-state index is 6.01. The molecule has 0 heterocycles. The van der Waals surface area contributed by atoms with Crippen LogP contribution in [0.2, 0.25) is 0 Å². The topological polar surface area (TPSA) is 21.3 Å². The highest BCUT2D eigenvalue weighted by Crippen LogP contribution is 2.58. The smallest absolute Gasteiger partial charge is 0.124 e. The van der Waals surface area contributed by atoms with Crippen LogP contribution in [0.3, 0.4) is 0 Å². The van der Waals surface area contributed by atoms with Crippen LogP contribution < -0.4 is 10.1 Å². The molecule has 2 nitrogen and oxygen atoms in total. The van der Waals surface area contributed by atoms with E-state index in [9.17, 15) is 0 Å². The molecule has 1 aromatic rings. The lowest BCUT2D eigenvalue weighted by Crippen LogP contribution is -2.26. The van der Waals surface area contributed by atoms with Crippen LogP contribution in [0, 0.1) is 11.3 Å². The normalized spacial score (nSPS) is 21.8. The Kier molecular flexibility index (Phi) is 4.74. The van der Waals surface area contributed by atoms with E-state index in [-0.39, 0.29) is 6.10 Å². The van der Waals surface area contributed by atoms with Crippen molar-refractivity contribution in [3.63, 3.8) is 0 Å². The molecule has 1 aliphatic carbocycles. The Labute approximate surface area is 123 Å². The van der Waals surface area contributed by atoms with E-state index in [0.29, 0.717) is 17.4 Å². The summed E-state index contributed by atoms with van der Waals surface area (Å²) < 4.78 is 6.01. The maximum atomic E-state index is 6.01. The quantitative estimate of drug-likeness (QED) is 0.787. The summed E-state index contributed by atoms with van der Waals surface area (Å²) in [6, 6.07) is 8.93. The van der Waals surface area contributed by atoms with E-state index in [4.69, 9.17) is 4.74 Å². The first-order valence-electron chi connectivity index (χ1n) is 7.94. The van der Waals surface area contributed by atoms with Gasteiger partial charge in [-0.1, -0.05) is 39.0 Å². The molecule has 2 unspecified atom stereocenters. The molecule has 2 heteroatoms. The summed E-state index contributed by atoms with van der Waals surface area (Å²) in [7, 11) is 0. The molecule has 0 bridgehead atoms. The molecule has 1 aromatic carbocycles. The number of nitrogens with one attached hydrogen (secondary N) is 1. The van der Waals surface area contributed by atoms with E-state index in [1.54, 1.807) is 0 Å². The van der Waals surface area contributed by atoms with Gasteiger partial charge >= 0.3 is 0 Å². The number of benzene rings is 1. The van der Waals surface area contributed by atoms with Crippen molar-refractivity contribution in [1.29, 1.82) is 0 Å². The summed E-state index contributed by atoms with van der Waals surface area (Å²) in [4.78, 5) is 0. The summed E-state index contributed by atoms with van der Waals surface area (Å²) in [6.45, 7) is 12.2. The third-order valence-corrected chi connectivity index (χ3v) is 4.22. The third kappa shape index (κ3) is 3.54. The van der Waals surface area contributed by atoms with Crippen LogP contribution in [0.5, 0.6) is 5.75 Å². The van der Waals surface area contributed by atoms with Gasteiger partial charge in [-0.3, -0.25) is 0 Å². The van der Waals surface area contributed by atoms with Gasteiger partial charge in [0.15, 0.2) is 0 Å². The van der Waals surface area contributed by atoms with Gasteiger partial charge in [-0.05, 0) is 50.6 Å². The van der Waals surface area contributed by atoms with Gasteiger partial charge in [0.1, 0.15) is 5.75 Å². The van der Waals surface area contributed by atoms with Crippen molar-refractivity contribution in [2.24, 2.45) is 11.3 Å². The molecule has 1 fully saturated rings. The zero-order valence-electron chi connectivity index (χ0n) is 13.6. The number of rotatable bonds is 7. The third-order valence-electron chi connectivity index (χ3n) is 4.22. The average Bonchev–Trinajstić information content (AvgIpc) is 3.00. The van der Waals surface area contributed by atoms with Gasteiger partial charge in [-0.2, -0.15) is 0 Å². The highest BCUT2D eigenvalue weighted by Gasteiger charge is 2.50.